The molecule has 1 rings (SSSR count). The van der Waals surface area contributed by atoms with Crippen LogP contribution in [-0.2, 0) is 9.59 Å². The van der Waals surface area contributed by atoms with E-state index in [0.717, 1.165) is 19.4 Å². The van der Waals surface area contributed by atoms with E-state index in [9.17, 15) is 9.59 Å². The number of carbonyl (C=O) groups excluding carboxylic acids is 2. The summed E-state index contributed by atoms with van der Waals surface area (Å²) in [5.74, 6) is -1.01. The van der Waals surface area contributed by atoms with Gasteiger partial charge in [-0.2, -0.15) is 5.06 Å². The lowest BCUT2D eigenvalue weighted by molar-refractivity contribution is -0.171. The van der Waals surface area contributed by atoms with Gasteiger partial charge in [-0.1, -0.05) is 0 Å². The van der Waals surface area contributed by atoms with Gasteiger partial charge in [-0.05, 0) is 40.4 Å². The van der Waals surface area contributed by atoms with Crippen LogP contribution in [-0.4, -0.2) is 59.7 Å². The molecule has 1 heterocycles. The van der Waals surface area contributed by atoms with Crippen molar-refractivity contribution in [3.05, 3.63) is 0 Å². The van der Waals surface area contributed by atoms with Crippen LogP contribution in [0.2, 0.25) is 0 Å². The van der Waals surface area contributed by atoms with Crippen LogP contribution in [0.3, 0.4) is 0 Å². The van der Waals surface area contributed by atoms with Crippen LogP contribution >= 0.6 is 0 Å². The highest BCUT2D eigenvalue weighted by molar-refractivity contribution is 6.00. The zero-order valence-electron chi connectivity index (χ0n) is 11.7. The number of nitrogens with one attached hydrogen (secondary N) is 1. The minimum absolute atomic E-state index is 0.148. The van der Waals surface area contributed by atoms with Gasteiger partial charge in [0.25, 0.3) is 11.8 Å². The maximum absolute atomic E-state index is 10.2. The average molecular weight is 270 g/mol. The summed E-state index contributed by atoms with van der Waals surface area (Å²) in [4.78, 5) is 26.5. The predicted octanol–water partition coefficient (Wildman–Crippen LogP) is 0.994. The van der Waals surface area contributed by atoms with Crippen molar-refractivity contribution >= 4 is 17.8 Å². The van der Waals surface area contributed by atoms with Crippen molar-refractivity contribution in [2.45, 2.75) is 38.6 Å². The van der Waals surface area contributed by atoms with Gasteiger partial charge >= 0.3 is 0 Å². The van der Waals surface area contributed by atoms with Gasteiger partial charge in [-0.25, -0.2) is 10.4 Å². The molecule has 1 aliphatic heterocycles. The first kappa shape index (κ1) is 17.4. The van der Waals surface area contributed by atoms with Crippen molar-refractivity contribution in [3.63, 3.8) is 0 Å². The average Bonchev–Trinajstić information content (AvgIpc) is 2.61. The second-order valence-corrected chi connectivity index (χ2v) is 4.63. The van der Waals surface area contributed by atoms with Gasteiger partial charge in [0.1, 0.15) is 0 Å². The summed E-state index contributed by atoms with van der Waals surface area (Å²) in [6.07, 6.45) is 2.48. The molecule has 19 heavy (non-hydrogen) atoms. The Morgan fingerprint density at radius 2 is 1.95 bits per heavy atom. The van der Waals surface area contributed by atoms with E-state index < -0.39 is 11.8 Å². The summed E-state index contributed by atoms with van der Waals surface area (Å²) in [5, 5.41) is 15.2. The molecule has 1 fully saturated rings. The van der Waals surface area contributed by atoms with Gasteiger partial charge in [0.2, 0.25) is 0 Å². The number of hydrogen-bond acceptors (Lipinski definition) is 6. The number of nitrogens with zero attached hydrogens (tertiary/aromatic N) is 3. The van der Waals surface area contributed by atoms with Crippen LogP contribution in [0.25, 0.3) is 0 Å². The smallest absolute Gasteiger partial charge is 0.253 e. The third kappa shape index (κ3) is 8.20. The molecule has 2 N–H and O–H groups in total. The van der Waals surface area contributed by atoms with Crippen LogP contribution in [0.15, 0.2) is 4.99 Å². The van der Waals surface area contributed by atoms with E-state index in [1.165, 1.54) is 0 Å². The Balaban J connectivity index is 0.000000356. The minimum Gasteiger partial charge on any atom is -0.309 e. The van der Waals surface area contributed by atoms with Gasteiger partial charge in [0, 0.05) is 12.8 Å². The van der Waals surface area contributed by atoms with Crippen LogP contribution < -0.4 is 0 Å². The molecule has 0 spiro atoms. The Kier molecular flexibility index (Phi) is 8.61. The van der Waals surface area contributed by atoms with Crippen LogP contribution in [0.4, 0.5) is 0 Å². The zero-order valence-corrected chi connectivity index (χ0v) is 11.7. The number of imide groups is 1. The molecule has 7 heteroatoms. The number of amides is 2. The molecule has 2 amide bonds. The number of aliphatic imine (C=N–C) groups is 1. The van der Waals surface area contributed by atoms with Crippen molar-refractivity contribution in [1.82, 2.24) is 9.96 Å². The Morgan fingerprint density at radius 3 is 2.26 bits per heavy atom. The third-order valence-electron chi connectivity index (χ3n) is 2.54. The molecular formula is C12H22N4O3. The first-order valence-corrected chi connectivity index (χ1v) is 6.19. The van der Waals surface area contributed by atoms with E-state index in [4.69, 9.17) is 10.6 Å². The van der Waals surface area contributed by atoms with Crippen molar-refractivity contribution in [3.8, 4) is 0 Å². The molecule has 0 aromatic rings. The van der Waals surface area contributed by atoms with E-state index >= 15 is 0 Å². The van der Waals surface area contributed by atoms with Crippen LogP contribution in [0.1, 0.15) is 32.6 Å². The molecule has 1 aliphatic rings. The quantitative estimate of drug-likeness (QED) is 0.442. The van der Waals surface area contributed by atoms with Crippen molar-refractivity contribution in [1.29, 1.82) is 5.41 Å². The topological polar surface area (TPSA) is 97.1 Å². The highest BCUT2D eigenvalue weighted by Gasteiger charge is 2.26. The molecule has 108 valence electrons. The fraction of sp³-hybridized carbons (Fsp3) is 0.750. The maximum atomic E-state index is 10.2. The Labute approximate surface area is 113 Å². The van der Waals surface area contributed by atoms with E-state index in [0.29, 0.717) is 0 Å². The largest absolute Gasteiger partial charge is 0.309 e. The zero-order chi connectivity index (χ0) is 14.8. The molecule has 1 atom stereocenters. The second kappa shape index (κ2) is 9.38. The van der Waals surface area contributed by atoms with Crippen LogP contribution in [0.5, 0.6) is 0 Å². The molecule has 0 radical (unpaired) electrons. The molecule has 0 aromatic heterocycles. The second-order valence-electron chi connectivity index (χ2n) is 4.63. The summed E-state index contributed by atoms with van der Waals surface area (Å²) in [5.41, 5.74) is 0. The first-order chi connectivity index (χ1) is 8.88. The summed E-state index contributed by atoms with van der Waals surface area (Å²) in [6, 6.07) is 2.32. The van der Waals surface area contributed by atoms with Crippen molar-refractivity contribution < 1.29 is 14.8 Å². The minimum atomic E-state index is -0.505. The van der Waals surface area contributed by atoms with Crippen LogP contribution in [0, 0.1) is 5.41 Å². The highest BCUT2D eigenvalue weighted by atomic mass is 16.5. The molecule has 0 saturated carbocycles. The van der Waals surface area contributed by atoms with Gasteiger partial charge in [0.15, 0.2) is 0 Å². The van der Waals surface area contributed by atoms with Gasteiger partial charge in [-0.3, -0.25) is 14.8 Å². The summed E-state index contributed by atoms with van der Waals surface area (Å²) >= 11 is 0. The Hall–Kier alpha value is -1.56. The fourth-order valence-electron chi connectivity index (χ4n) is 1.44. The molecule has 0 aromatic carbocycles. The number of hydrogen-bond donors (Lipinski definition) is 2. The summed E-state index contributed by atoms with van der Waals surface area (Å²) in [7, 11) is 4.12. The summed E-state index contributed by atoms with van der Waals surface area (Å²) < 4.78 is 0. The van der Waals surface area contributed by atoms with Crippen molar-refractivity contribution in [2.24, 2.45) is 4.99 Å². The van der Waals surface area contributed by atoms with E-state index in [1.807, 2.05) is 6.92 Å². The Morgan fingerprint density at radius 1 is 1.42 bits per heavy atom. The molecule has 1 saturated heterocycles. The SMILES string of the molecule is CC(CCCN(C)C)N=C=N.O=C1CCC(=O)N1O. The molecule has 0 aliphatic carbocycles. The lowest BCUT2D eigenvalue weighted by Crippen LogP contribution is -2.24. The fourth-order valence-corrected chi connectivity index (χ4v) is 1.44. The molecular weight excluding hydrogens is 248 g/mol. The van der Waals surface area contributed by atoms with E-state index in [1.54, 1.807) is 0 Å². The van der Waals surface area contributed by atoms with Crippen molar-refractivity contribution in [2.75, 3.05) is 20.6 Å². The molecule has 0 bridgehead atoms. The Bertz CT molecular complexity index is 335. The van der Waals surface area contributed by atoms with Gasteiger partial charge in [-0.15, -0.1) is 0 Å². The predicted molar refractivity (Wildman–Crippen MR) is 70.3 cm³/mol. The lowest BCUT2D eigenvalue weighted by Gasteiger charge is -2.09. The summed E-state index contributed by atoms with van der Waals surface area (Å²) in [6.45, 7) is 3.11. The molecule has 7 nitrogen and oxygen atoms in total. The third-order valence-corrected chi connectivity index (χ3v) is 2.54. The lowest BCUT2D eigenvalue weighted by atomic mass is 10.2. The maximum Gasteiger partial charge on any atom is 0.253 e. The monoisotopic (exact) mass is 270 g/mol. The highest BCUT2D eigenvalue weighted by Crippen LogP contribution is 2.07. The van der Waals surface area contributed by atoms with E-state index in [-0.39, 0.29) is 23.9 Å². The van der Waals surface area contributed by atoms with Gasteiger partial charge < -0.3 is 4.90 Å². The number of rotatable bonds is 5. The molecule has 1 unspecified atom stereocenters. The van der Waals surface area contributed by atoms with Gasteiger partial charge in [0.05, 0.1) is 12.1 Å². The normalized spacial score (nSPS) is 15.9. The number of carbonyl (C=O) groups is 2. The van der Waals surface area contributed by atoms with E-state index in [2.05, 4.69) is 30.0 Å². The number of hydroxylamine groups is 2. The standard InChI is InChI=1S/C8H17N3.C4H5NO3/c1-8(10-7-9)5-4-6-11(2)3;6-3-1-2-4(7)5(3)8/h8-9H,4-6H2,1-3H3;8H,1-2H2. The first-order valence-electron chi connectivity index (χ1n) is 6.19.